The number of nitrogens with one attached hydrogen (secondary N) is 1. The standard InChI is InChI=1S/C17H26N2O3/c1-3-5-7-9-11-15(20)18-14-13-19(17(14)22)16(21)12-10-8-6-4-2/h3-4,14H,1-2,5-13H2,(H,18,20)/t14-/m0/s1. The smallest absolute Gasteiger partial charge is 0.253 e. The minimum absolute atomic E-state index is 0.125. The molecule has 1 atom stereocenters. The third-order valence-electron chi connectivity index (χ3n) is 3.68. The second-order valence-electron chi connectivity index (χ2n) is 5.53. The summed E-state index contributed by atoms with van der Waals surface area (Å²) >= 11 is 0. The fourth-order valence-electron chi connectivity index (χ4n) is 2.30. The van der Waals surface area contributed by atoms with Crippen molar-refractivity contribution in [3.05, 3.63) is 25.3 Å². The summed E-state index contributed by atoms with van der Waals surface area (Å²) in [7, 11) is 0. The molecule has 0 spiro atoms. The highest BCUT2D eigenvalue weighted by Gasteiger charge is 2.40. The molecule has 1 aliphatic heterocycles. The fraction of sp³-hybridized carbons (Fsp3) is 0.588. The molecule has 0 saturated carbocycles. The molecule has 1 aliphatic rings. The lowest BCUT2D eigenvalue weighted by molar-refractivity contribution is -0.157. The molecule has 1 rings (SSSR count). The van der Waals surface area contributed by atoms with E-state index >= 15 is 0 Å². The van der Waals surface area contributed by atoms with Crippen LogP contribution in [0.15, 0.2) is 25.3 Å². The summed E-state index contributed by atoms with van der Waals surface area (Å²) in [5.41, 5.74) is 0. The van der Waals surface area contributed by atoms with Crippen molar-refractivity contribution in [2.75, 3.05) is 6.54 Å². The number of rotatable bonds is 11. The molecule has 0 aromatic heterocycles. The minimum Gasteiger partial charge on any atom is -0.343 e. The molecular formula is C17H26N2O3. The molecule has 0 radical (unpaired) electrons. The van der Waals surface area contributed by atoms with Gasteiger partial charge in [-0.25, -0.2) is 0 Å². The van der Waals surface area contributed by atoms with Gasteiger partial charge in [0, 0.05) is 12.8 Å². The Morgan fingerprint density at radius 2 is 1.68 bits per heavy atom. The predicted octanol–water partition coefficient (Wildman–Crippen LogP) is 2.33. The van der Waals surface area contributed by atoms with Crippen LogP contribution in [0.4, 0.5) is 0 Å². The highest BCUT2D eigenvalue weighted by molar-refractivity contribution is 6.04. The van der Waals surface area contributed by atoms with Gasteiger partial charge in [-0.3, -0.25) is 19.3 Å². The first-order valence-corrected chi connectivity index (χ1v) is 7.95. The number of amides is 3. The maximum Gasteiger partial charge on any atom is 0.253 e. The zero-order chi connectivity index (χ0) is 16.4. The lowest BCUT2D eigenvalue weighted by Gasteiger charge is -2.37. The second kappa shape index (κ2) is 9.92. The highest BCUT2D eigenvalue weighted by atomic mass is 16.2. The molecule has 0 bridgehead atoms. The van der Waals surface area contributed by atoms with Gasteiger partial charge in [0.2, 0.25) is 11.8 Å². The monoisotopic (exact) mass is 306 g/mol. The van der Waals surface area contributed by atoms with Crippen LogP contribution in [0.25, 0.3) is 0 Å². The van der Waals surface area contributed by atoms with Gasteiger partial charge in [-0.1, -0.05) is 12.2 Å². The number of β-lactam (4-membered cyclic amide) rings is 1. The topological polar surface area (TPSA) is 66.5 Å². The Bertz CT molecular complexity index is 432. The highest BCUT2D eigenvalue weighted by Crippen LogP contribution is 2.14. The maximum atomic E-state index is 11.9. The van der Waals surface area contributed by atoms with E-state index in [0.29, 0.717) is 19.4 Å². The molecule has 0 aromatic carbocycles. The number of allylic oxidation sites excluding steroid dienone is 2. The number of unbranched alkanes of at least 4 members (excludes halogenated alkanes) is 4. The van der Waals surface area contributed by atoms with Crippen molar-refractivity contribution in [1.82, 2.24) is 10.2 Å². The van der Waals surface area contributed by atoms with Crippen LogP contribution in [0.3, 0.4) is 0 Å². The largest absolute Gasteiger partial charge is 0.343 e. The summed E-state index contributed by atoms with van der Waals surface area (Å²) in [6.45, 7) is 7.56. The molecule has 5 nitrogen and oxygen atoms in total. The van der Waals surface area contributed by atoms with E-state index in [-0.39, 0.29) is 17.7 Å². The lowest BCUT2D eigenvalue weighted by atomic mass is 10.1. The molecule has 5 heteroatoms. The molecule has 0 unspecified atom stereocenters. The summed E-state index contributed by atoms with van der Waals surface area (Å²) in [6, 6.07) is -0.524. The summed E-state index contributed by atoms with van der Waals surface area (Å²) in [5, 5.41) is 2.68. The Kier molecular flexibility index (Phi) is 8.18. The molecule has 122 valence electrons. The van der Waals surface area contributed by atoms with Gasteiger partial charge in [-0.2, -0.15) is 0 Å². The SMILES string of the molecule is C=CCCCCC(=O)N[C@H]1CN(C(=O)CCCCC=C)C1=O. The number of nitrogens with zero attached hydrogens (tertiary/aromatic N) is 1. The minimum atomic E-state index is -0.524. The van der Waals surface area contributed by atoms with E-state index < -0.39 is 6.04 Å². The van der Waals surface area contributed by atoms with Gasteiger partial charge in [0.1, 0.15) is 6.04 Å². The summed E-state index contributed by atoms with van der Waals surface area (Å²) in [6.07, 6.45) is 9.57. The van der Waals surface area contributed by atoms with Crippen molar-refractivity contribution in [2.24, 2.45) is 0 Å². The van der Waals surface area contributed by atoms with Gasteiger partial charge in [0.05, 0.1) is 6.54 Å². The molecule has 0 aliphatic carbocycles. The molecule has 1 fully saturated rings. The van der Waals surface area contributed by atoms with Crippen molar-refractivity contribution >= 4 is 17.7 Å². The summed E-state index contributed by atoms with van der Waals surface area (Å²) < 4.78 is 0. The van der Waals surface area contributed by atoms with E-state index in [1.165, 1.54) is 4.90 Å². The van der Waals surface area contributed by atoms with Crippen LogP contribution in [0.2, 0.25) is 0 Å². The van der Waals surface area contributed by atoms with Gasteiger partial charge in [-0.05, 0) is 38.5 Å². The number of hydrogen-bond donors (Lipinski definition) is 1. The first-order chi connectivity index (χ1) is 10.6. The molecule has 1 N–H and O–H groups in total. The molecule has 0 aromatic rings. The van der Waals surface area contributed by atoms with Crippen molar-refractivity contribution in [3.63, 3.8) is 0 Å². The fourth-order valence-corrected chi connectivity index (χ4v) is 2.30. The van der Waals surface area contributed by atoms with Crippen LogP contribution in [-0.4, -0.2) is 35.2 Å². The summed E-state index contributed by atoms with van der Waals surface area (Å²) in [5.74, 6) is -0.556. The van der Waals surface area contributed by atoms with Crippen LogP contribution in [0.1, 0.15) is 51.4 Å². The zero-order valence-corrected chi connectivity index (χ0v) is 13.2. The van der Waals surface area contributed by atoms with Crippen LogP contribution in [-0.2, 0) is 14.4 Å². The van der Waals surface area contributed by atoms with Crippen LogP contribution >= 0.6 is 0 Å². The Morgan fingerprint density at radius 1 is 1.09 bits per heavy atom. The van der Waals surface area contributed by atoms with Crippen molar-refractivity contribution in [3.8, 4) is 0 Å². The van der Waals surface area contributed by atoms with Crippen molar-refractivity contribution in [1.29, 1.82) is 0 Å². The molecule has 1 saturated heterocycles. The van der Waals surface area contributed by atoms with Gasteiger partial charge < -0.3 is 5.32 Å². The van der Waals surface area contributed by atoms with Gasteiger partial charge >= 0.3 is 0 Å². The normalized spacial score (nSPS) is 16.8. The third kappa shape index (κ3) is 5.84. The van der Waals surface area contributed by atoms with Crippen LogP contribution < -0.4 is 5.32 Å². The average Bonchev–Trinajstić information content (AvgIpc) is 2.51. The van der Waals surface area contributed by atoms with E-state index in [4.69, 9.17) is 0 Å². The van der Waals surface area contributed by atoms with E-state index in [2.05, 4.69) is 18.5 Å². The second-order valence-corrected chi connectivity index (χ2v) is 5.53. The maximum absolute atomic E-state index is 11.9. The first kappa shape index (κ1) is 18.1. The van der Waals surface area contributed by atoms with Gasteiger partial charge in [0.25, 0.3) is 5.91 Å². The Morgan fingerprint density at radius 3 is 2.23 bits per heavy atom. The molecular weight excluding hydrogens is 280 g/mol. The number of likely N-dealkylation sites (tertiary alicyclic amines) is 1. The van der Waals surface area contributed by atoms with Crippen molar-refractivity contribution < 1.29 is 14.4 Å². The average molecular weight is 306 g/mol. The number of imide groups is 1. The molecule has 3 amide bonds. The number of carbonyl (C=O) groups is 3. The van der Waals surface area contributed by atoms with E-state index in [1.54, 1.807) is 0 Å². The zero-order valence-electron chi connectivity index (χ0n) is 13.2. The van der Waals surface area contributed by atoms with Crippen LogP contribution in [0, 0.1) is 0 Å². The quantitative estimate of drug-likeness (QED) is 0.362. The van der Waals surface area contributed by atoms with E-state index in [0.717, 1.165) is 38.5 Å². The van der Waals surface area contributed by atoms with E-state index in [9.17, 15) is 14.4 Å². The Labute approximate surface area is 132 Å². The Hall–Kier alpha value is -1.91. The van der Waals surface area contributed by atoms with Crippen molar-refractivity contribution in [2.45, 2.75) is 57.4 Å². The predicted molar refractivity (Wildman–Crippen MR) is 86.0 cm³/mol. The van der Waals surface area contributed by atoms with Crippen LogP contribution in [0.5, 0.6) is 0 Å². The van der Waals surface area contributed by atoms with Gasteiger partial charge in [-0.15, -0.1) is 13.2 Å². The van der Waals surface area contributed by atoms with E-state index in [1.807, 2.05) is 12.2 Å². The number of hydrogen-bond acceptors (Lipinski definition) is 3. The third-order valence-corrected chi connectivity index (χ3v) is 3.68. The summed E-state index contributed by atoms with van der Waals surface area (Å²) in [4.78, 5) is 36.6. The first-order valence-electron chi connectivity index (χ1n) is 7.95. The Balaban J connectivity index is 2.18. The molecule has 1 heterocycles. The number of carbonyl (C=O) groups excluding carboxylic acids is 3. The van der Waals surface area contributed by atoms with Gasteiger partial charge in [0.15, 0.2) is 0 Å². The lowest BCUT2D eigenvalue weighted by Crippen LogP contribution is -2.65. The molecule has 22 heavy (non-hydrogen) atoms.